The molecule has 2 aromatic rings. The van der Waals surface area contributed by atoms with Crippen LogP contribution in [0.1, 0.15) is 42.1 Å². The number of benzene rings is 2. The van der Waals surface area contributed by atoms with Gasteiger partial charge in [0.05, 0.1) is 0 Å². The number of carbonyl (C=O) groups excluding carboxylic acids is 1. The Morgan fingerprint density at radius 1 is 1.16 bits per heavy atom. The first kappa shape index (κ1) is 18.0. The first-order valence-electron chi connectivity index (χ1n) is 8.98. The Kier molecular flexibility index (Phi) is 6.16. The Labute approximate surface area is 154 Å². The second-order valence-electron chi connectivity index (χ2n) is 6.72. The molecule has 132 valence electrons. The lowest BCUT2D eigenvalue weighted by atomic mass is 9.96. The van der Waals surface area contributed by atoms with E-state index >= 15 is 0 Å². The smallest absolute Gasteiger partial charge is 0.254 e. The van der Waals surface area contributed by atoms with Crippen LogP contribution >= 0.6 is 11.8 Å². The monoisotopic (exact) mass is 354 g/mol. The van der Waals surface area contributed by atoms with Gasteiger partial charge in [0.15, 0.2) is 0 Å². The summed E-state index contributed by atoms with van der Waals surface area (Å²) >= 11 is 1.81. The fourth-order valence-electron chi connectivity index (χ4n) is 3.35. The van der Waals surface area contributed by atoms with Crippen LogP contribution in [-0.2, 0) is 5.75 Å². The number of hydrogen-bond donors (Lipinski definition) is 1. The van der Waals surface area contributed by atoms with E-state index < -0.39 is 0 Å². The van der Waals surface area contributed by atoms with Gasteiger partial charge in [-0.1, -0.05) is 30.3 Å². The van der Waals surface area contributed by atoms with E-state index in [1.165, 1.54) is 10.5 Å². The van der Waals surface area contributed by atoms with Crippen molar-refractivity contribution in [3.63, 3.8) is 0 Å². The fourth-order valence-corrected chi connectivity index (χ4v) is 4.22. The lowest BCUT2D eigenvalue weighted by Gasteiger charge is -2.38. The molecule has 2 aromatic carbocycles. The molecule has 25 heavy (non-hydrogen) atoms. The minimum atomic E-state index is 0.0193. The van der Waals surface area contributed by atoms with E-state index in [-0.39, 0.29) is 18.0 Å². The third kappa shape index (κ3) is 4.65. The Balaban J connectivity index is 1.64. The number of nitrogens with two attached hydrogens (primary N) is 1. The molecule has 2 N–H and O–H groups in total. The summed E-state index contributed by atoms with van der Waals surface area (Å²) in [5.74, 6) is 1.02. The fraction of sp³-hybridized carbons (Fsp3) is 0.381. The Hall–Kier alpha value is -1.78. The van der Waals surface area contributed by atoms with Gasteiger partial charge < -0.3 is 10.6 Å². The zero-order valence-electron chi connectivity index (χ0n) is 14.7. The molecule has 2 atom stereocenters. The van der Waals surface area contributed by atoms with Crippen LogP contribution in [0.3, 0.4) is 0 Å². The molecule has 1 aliphatic heterocycles. The van der Waals surface area contributed by atoms with E-state index in [0.717, 1.165) is 37.1 Å². The number of thioether (sulfide) groups is 1. The van der Waals surface area contributed by atoms with Crippen LogP contribution in [0.15, 0.2) is 59.5 Å². The predicted octanol–water partition coefficient (Wildman–Crippen LogP) is 4.32. The highest BCUT2D eigenvalue weighted by Crippen LogP contribution is 2.24. The Morgan fingerprint density at radius 2 is 1.88 bits per heavy atom. The van der Waals surface area contributed by atoms with Gasteiger partial charge in [-0.15, -0.1) is 11.8 Å². The summed E-state index contributed by atoms with van der Waals surface area (Å²) in [5, 5.41) is 0. The molecule has 1 fully saturated rings. The van der Waals surface area contributed by atoms with Gasteiger partial charge in [-0.2, -0.15) is 0 Å². The lowest BCUT2D eigenvalue weighted by Crippen LogP contribution is -2.51. The number of piperidine rings is 1. The number of amides is 1. The average Bonchev–Trinajstić information content (AvgIpc) is 2.67. The molecule has 0 saturated carbocycles. The largest absolute Gasteiger partial charge is 0.334 e. The van der Waals surface area contributed by atoms with Crippen molar-refractivity contribution < 1.29 is 4.79 Å². The van der Waals surface area contributed by atoms with Crippen molar-refractivity contribution in [3.8, 4) is 0 Å². The molecule has 0 aliphatic carbocycles. The molecular formula is C21H26N2OS. The number of carbonyl (C=O) groups is 1. The van der Waals surface area contributed by atoms with Gasteiger partial charge in [-0.25, -0.2) is 0 Å². The maximum Gasteiger partial charge on any atom is 0.254 e. The number of hydrogen-bond acceptors (Lipinski definition) is 3. The quantitative estimate of drug-likeness (QED) is 0.813. The van der Waals surface area contributed by atoms with Crippen LogP contribution in [0, 0.1) is 0 Å². The second-order valence-corrected chi connectivity index (χ2v) is 7.77. The molecule has 4 heteroatoms. The zero-order valence-corrected chi connectivity index (χ0v) is 15.5. The van der Waals surface area contributed by atoms with E-state index in [2.05, 4.69) is 36.4 Å². The summed E-state index contributed by atoms with van der Waals surface area (Å²) in [4.78, 5) is 16.1. The van der Waals surface area contributed by atoms with Crippen LogP contribution in [0.5, 0.6) is 0 Å². The van der Waals surface area contributed by atoms with Gasteiger partial charge in [-0.05, 0) is 56.0 Å². The highest BCUT2D eigenvalue weighted by Gasteiger charge is 2.29. The van der Waals surface area contributed by atoms with Gasteiger partial charge in [-0.3, -0.25) is 4.79 Å². The summed E-state index contributed by atoms with van der Waals surface area (Å²) in [7, 11) is 0. The molecule has 2 unspecified atom stereocenters. The van der Waals surface area contributed by atoms with Gasteiger partial charge >= 0.3 is 0 Å². The van der Waals surface area contributed by atoms with Gasteiger partial charge in [0.2, 0.25) is 0 Å². The van der Waals surface area contributed by atoms with Crippen molar-refractivity contribution in [2.45, 2.75) is 48.9 Å². The molecule has 0 radical (unpaired) electrons. The van der Waals surface area contributed by atoms with E-state index in [1.54, 1.807) is 0 Å². The summed E-state index contributed by atoms with van der Waals surface area (Å²) in [6, 6.07) is 18.6. The Bertz CT molecular complexity index is 685. The highest BCUT2D eigenvalue weighted by molar-refractivity contribution is 7.98. The normalized spacial score (nSPS) is 18.8. The van der Waals surface area contributed by atoms with E-state index in [0.29, 0.717) is 0 Å². The minimum absolute atomic E-state index is 0.0193. The molecule has 1 amide bonds. The molecular weight excluding hydrogens is 328 g/mol. The van der Waals surface area contributed by atoms with Crippen LogP contribution in [0.2, 0.25) is 0 Å². The number of nitrogens with zero attached hydrogens (tertiary/aromatic N) is 1. The van der Waals surface area contributed by atoms with E-state index in [4.69, 9.17) is 5.73 Å². The van der Waals surface area contributed by atoms with Crippen molar-refractivity contribution >= 4 is 17.7 Å². The standard InChI is InChI=1S/C21H26N2OS/c1-16(22)20-9-5-6-14-23(20)21(24)18-12-10-17(11-13-18)15-25-19-7-3-2-4-8-19/h2-4,7-8,10-13,16,20H,5-6,9,14-15,22H2,1H3. The first-order chi connectivity index (χ1) is 12.1. The molecule has 1 aliphatic rings. The second kappa shape index (κ2) is 8.54. The maximum atomic E-state index is 12.9. The molecule has 1 heterocycles. The molecule has 0 bridgehead atoms. The summed E-state index contributed by atoms with van der Waals surface area (Å²) in [5.41, 5.74) is 8.09. The number of rotatable bonds is 5. The topological polar surface area (TPSA) is 46.3 Å². The van der Waals surface area contributed by atoms with Crippen LogP contribution in [0.25, 0.3) is 0 Å². The average molecular weight is 355 g/mol. The van der Waals surface area contributed by atoms with Gasteiger partial charge in [0.1, 0.15) is 0 Å². The third-order valence-corrected chi connectivity index (χ3v) is 5.85. The zero-order chi connectivity index (χ0) is 17.6. The summed E-state index contributed by atoms with van der Waals surface area (Å²) in [6.45, 7) is 2.82. The minimum Gasteiger partial charge on any atom is -0.334 e. The van der Waals surface area contributed by atoms with Crippen molar-refractivity contribution in [1.82, 2.24) is 4.90 Å². The number of likely N-dealkylation sites (tertiary alicyclic amines) is 1. The molecule has 3 nitrogen and oxygen atoms in total. The molecule has 1 saturated heterocycles. The van der Waals surface area contributed by atoms with Crippen molar-refractivity contribution in [2.24, 2.45) is 5.73 Å². The SMILES string of the molecule is CC(N)C1CCCCN1C(=O)c1ccc(CSc2ccccc2)cc1. The molecule has 0 aromatic heterocycles. The van der Waals surface area contributed by atoms with Crippen molar-refractivity contribution in [1.29, 1.82) is 0 Å². The van der Waals surface area contributed by atoms with Gasteiger partial charge in [0, 0.05) is 34.8 Å². The first-order valence-corrected chi connectivity index (χ1v) is 9.97. The third-order valence-electron chi connectivity index (χ3n) is 4.77. The van der Waals surface area contributed by atoms with E-state index in [1.807, 2.05) is 41.8 Å². The maximum absolute atomic E-state index is 12.9. The lowest BCUT2D eigenvalue weighted by molar-refractivity contribution is 0.0584. The van der Waals surface area contributed by atoms with E-state index in [9.17, 15) is 4.79 Å². The van der Waals surface area contributed by atoms with Gasteiger partial charge in [0.25, 0.3) is 5.91 Å². The Morgan fingerprint density at radius 3 is 2.56 bits per heavy atom. The summed E-state index contributed by atoms with van der Waals surface area (Å²) < 4.78 is 0. The van der Waals surface area contributed by atoms with Crippen molar-refractivity contribution in [3.05, 3.63) is 65.7 Å². The molecule has 0 spiro atoms. The van der Waals surface area contributed by atoms with Crippen LogP contribution in [-0.4, -0.2) is 29.4 Å². The highest BCUT2D eigenvalue weighted by atomic mass is 32.2. The predicted molar refractivity (Wildman–Crippen MR) is 105 cm³/mol. The van der Waals surface area contributed by atoms with Crippen LogP contribution in [0.4, 0.5) is 0 Å². The molecule has 3 rings (SSSR count). The summed E-state index contributed by atoms with van der Waals surface area (Å²) in [6.07, 6.45) is 3.24. The van der Waals surface area contributed by atoms with Crippen molar-refractivity contribution in [2.75, 3.05) is 6.54 Å². The van der Waals surface area contributed by atoms with Crippen LogP contribution < -0.4 is 5.73 Å².